The summed E-state index contributed by atoms with van der Waals surface area (Å²) in [6.07, 6.45) is 0. The molecule has 0 radical (unpaired) electrons. The van der Waals surface area contributed by atoms with Crippen LogP contribution in [0.1, 0.15) is 11.1 Å². The summed E-state index contributed by atoms with van der Waals surface area (Å²) < 4.78 is 0. The Balaban J connectivity index is 1.46. The zero-order chi connectivity index (χ0) is 20.6. The lowest BCUT2D eigenvalue weighted by Crippen LogP contribution is -2.35. The zero-order valence-corrected chi connectivity index (χ0v) is 17.3. The molecule has 0 spiro atoms. The van der Waals surface area contributed by atoms with E-state index in [0.717, 1.165) is 22.0 Å². The molecule has 30 heavy (non-hydrogen) atoms. The number of nitrogens with zero attached hydrogens (tertiary/aromatic N) is 3. The molecule has 0 aromatic heterocycles. The number of carbonyl (C=O) groups is 1. The highest BCUT2D eigenvalue weighted by Gasteiger charge is 2.21. The number of benzene rings is 3. The van der Waals surface area contributed by atoms with Gasteiger partial charge >= 0.3 is 0 Å². The number of anilines is 1. The minimum atomic E-state index is -0.0247. The first-order valence-corrected chi connectivity index (χ1v) is 10.7. The van der Waals surface area contributed by atoms with E-state index < -0.39 is 0 Å². The smallest absolute Gasteiger partial charge is 0.230 e. The van der Waals surface area contributed by atoms with Gasteiger partial charge in [0.25, 0.3) is 0 Å². The van der Waals surface area contributed by atoms with Gasteiger partial charge in [0.15, 0.2) is 11.0 Å². The van der Waals surface area contributed by atoms with E-state index in [0.29, 0.717) is 19.0 Å². The monoisotopic (exact) mass is 414 g/mol. The first kappa shape index (κ1) is 19.9. The van der Waals surface area contributed by atoms with E-state index in [4.69, 9.17) is 4.99 Å². The second-order valence-corrected chi connectivity index (χ2v) is 7.64. The molecule has 1 N–H and O–H groups in total. The van der Waals surface area contributed by atoms with E-state index >= 15 is 0 Å². The van der Waals surface area contributed by atoms with Gasteiger partial charge in [-0.1, -0.05) is 90.6 Å². The second-order valence-electron chi connectivity index (χ2n) is 6.70. The first-order chi connectivity index (χ1) is 14.8. The van der Waals surface area contributed by atoms with E-state index in [1.54, 1.807) is 0 Å². The highest BCUT2D eigenvalue weighted by molar-refractivity contribution is 8.14. The lowest BCUT2D eigenvalue weighted by atomic mass is 10.2. The number of hydrogen-bond donors (Lipinski definition) is 1. The molecular formula is C24H22N4OS. The molecule has 1 amide bonds. The summed E-state index contributed by atoms with van der Waals surface area (Å²) in [5.41, 5.74) is 3.05. The standard InChI is InChI=1S/C24H22N4OS/c29-22(25-16-19-10-4-1-5-11-19)17-30-24-27-23(20-12-6-2-7-13-20)26-18-28(24)21-14-8-3-9-15-21/h1-15H,16-18H2,(H,25,29). The Hall–Kier alpha value is -3.38. The van der Waals surface area contributed by atoms with E-state index in [9.17, 15) is 4.79 Å². The topological polar surface area (TPSA) is 57.1 Å². The minimum Gasteiger partial charge on any atom is -0.351 e. The number of amidine groups is 2. The summed E-state index contributed by atoms with van der Waals surface area (Å²) in [6, 6.07) is 29.8. The van der Waals surface area contributed by atoms with Crippen molar-refractivity contribution in [2.45, 2.75) is 6.54 Å². The maximum atomic E-state index is 12.4. The van der Waals surface area contributed by atoms with Crippen molar-refractivity contribution in [3.63, 3.8) is 0 Å². The fourth-order valence-electron chi connectivity index (χ4n) is 3.02. The third-order valence-corrected chi connectivity index (χ3v) is 5.54. The van der Waals surface area contributed by atoms with Crippen molar-refractivity contribution in [2.75, 3.05) is 17.3 Å². The van der Waals surface area contributed by atoms with Crippen LogP contribution in [0.2, 0.25) is 0 Å². The molecule has 0 atom stereocenters. The van der Waals surface area contributed by atoms with Crippen molar-refractivity contribution >= 4 is 34.4 Å². The SMILES string of the molecule is O=C(CSC1=NC(c2ccccc2)=NCN1c1ccccc1)NCc1ccccc1. The Morgan fingerprint density at radius 2 is 1.53 bits per heavy atom. The summed E-state index contributed by atoms with van der Waals surface area (Å²) in [7, 11) is 0. The lowest BCUT2D eigenvalue weighted by molar-refractivity contribution is -0.118. The Morgan fingerprint density at radius 3 is 2.23 bits per heavy atom. The zero-order valence-electron chi connectivity index (χ0n) is 16.4. The van der Waals surface area contributed by atoms with Gasteiger partial charge in [0.05, 0.1) is 5.75 Å². The van der Waals surface area contributed by atoms with Crippen LogP contribution in [0.3, 0.4) is 0 Å². The molecule has 5 nitrogen and oxygen atoms in total. The third kappa shape index (κ3) is 5.15. The van der Waals surface area contributed by atoms with Gasteiger partial charge in [-0.05, 0) is 17.7 Å². The second kappa shape index (κ2) is 9.89. The van der Waals surface area contributed by atoms with E-state index in [-0.39, 0.29) is 11.7 Å². The molecule has 1 aliphatic heterocycles. The number of carbonyl (C=O) groups excluding carboxylic acids is 1. The van der Waals surface area contributed by atoms with Crippen molar-refractivity contribution in [3.8, 4) is 0 Å². The Bertz CT molecular complexity index is 1040. The normalized spacial score (nSPS) is 13.4. The highest BCUT2D eigenvalue weighted by Crippen LogP contribution is 2.23. The molecule has 0 fully saturated rings. The van der Waals surface area contributed by atoms with Gasteiger partial charge in [-0.15, -0.1) is 0 Å². The van der Waals surface area contributed by atoms with E-state index in [1.165, 1.54) is 11.8 Å². The Labute approximate surface area is 180 Å². The third-order valence-electron chi connectivity index (χ3n) is 4.56. The molecule has 3 aromatic carbocycles. The number of hydrogen-bond acceptors (Lipinski definition) is 5. The summed E-state index contributed by atoms with van der Waals surface area (Å²) in [6.45, 7) is 0.984. The fourth-order valence-corrected chi connectivity index (χ4v) is 3.85. The molecule has 0 bridgehead atoms. The number of thioether (sulfide) groups is 1. The number of amides is 1. The molecule has 0 saturated heterocycles. The average Bonchev–Trinajstić information content (AvgIpc) is 2.83. The van der Waals surface area contributed by atoms with Gasteiger partial charge < -0.3 is 10.2 Å². The van der Waals surface area contributed by atoms with E-state index in [1.807, 2.05) is 95.9 Å². The van der Waals surface area contributed by atoms with Crippen LogP contribution in [0.5, 0.6) is 0 Å². The van der Waals surface area contributed by atoms with Crippen molar-refractivity contribution < 1.29 is 4.79 Å². The Morgan fingerprint density at radius 1 is 0.900 bits per heavy atom. The first-order valence-electron chi connectivity index (χ1n) is 9.74. The molecule has 6 heteroatoms. The van der Waals surface area contributed by atoms with Gasteiger partial charge in [0, 0.05) is 17.8 Å². The molecular weight excluding hydrogens is 392 g/mol. The van der Waals surface area contributed by atoms with Crippen molar-refractivity contribution in [3.05, 3.63) is 102 Å². The fraction of sp³-hybridized carbons (Fsp3) is 0.125. The van der Waals surface area contributed by atoms with Gasteiger partial charge in [-0.3, -0.25) is 4.79 Å². The maximum Gasteiger partial charge on any atom is 0.230 e. The van der Waals surface area contributed by atoms with Crippen LogP contribution in [-0.4, -0.2) is 29.3 Å². The van der Waals surface area contributed by atoms with Crippen LogP contribution in [0.25, 0.3) is 0 Å². The molecule has 0 unspecified atom stereocenters. The number of rotatable bonds is 6. The molecule has 150 valence electrons. The van der Waals surface area contributed by atoms with Gasteiger partial charge in [-0.2, -0.15) is 0 Å². The summed E-state index contributed by atoms with van der Waals surface area (Å²) >= 11 is 1.43. The number of para-hydroxylation sites is 1. The van der Waals surface area contributed by atoms with Crippen LogP contribution < -0.4 is 10.2 Å². The predicted octanol–water partition coefficient (Wildman–Crippen LogP) is 4.32. The summed E-state index contributed by atoms with van der Waals surface area (Å²) in [5.74, 6) is 0.954. The van der Waals surface area contributed by atoms with Gasteiger partial charge in [-0.25, -0.2) is 9.98 Å². The largest absolute Gasteiger partial charge is 0.351 e. The Kier molecular flexibility index (Phi) is 6.57. The minimum absolute atomic E-state index is 0.0247. The molecule has 3 aromatic rings. The van der Waals surface area contributed by atoms with Gasteiger partial charge in [0.2, 0.25) is 5.91 Å². The van der Waals surface area contributed by atoms with Crippen molar-refractivity contribution in [1.82, 2.24) is 5.32 Å². The maximum absolute atomic E-state index is 12.4. The molecule has 0 aliphatic carbocycles. The van der Waals surface area contributed by atoms with Gasteiger partial charge in [0.1, 0.15) is 6.67 Å². The molecule has 1 heterocycles. The van der Waals surface area contributed by atoms with Crippen LogP contribution in [0.4, 0.5) is 5.69 Å². The predicted molar refractivity (Wildman–Crippen MR) is 125 cm³/mol. The molecule has 4 rings (SSSR count). The van der Waals surface area contributed by atoms with Crippen LogP contribution in [-0.2, 0) is 11.3 Å². The lowest BCUT2D eigenvalue weighted by Gasteiger charge is -2.27. The van der Waals surface area contributed by atoms with E-state index in [2.05, 4.69) is 10.3 Å². The quantitative estimate of drug-likeness (QED) is 0.654. The van der Waals surface area contributed by atoms with Crippen LogP contribution in [0.15, 0.2) is 101 Å². The van der Waals surface area contributed by atoms with Crippen molar-refractivity contribution in [2.24, 2.45) is 9.98 Å². The summed E-state index contributed by atoms with van der Waals surface area (Å²) in [5, 5.41) is 3.74. The summed E-state index contributed by atoms with van der Waals surface area (Å²) in [4.78, 5) is 23.9. The highest BCUT2D eigenvalue weighted by atomic mass is 32.2. The number of aliphatic imine (C=N–C) groups is 2. The van der Waals surface area contributed by atoms with Crippen LogP contribution in [0, 0.1) is 0 Å². The molecule has 0 saturated carbocycles. The molecule has 1 aliphatic rings. The average molecular weight is 415 g/mol. The van der Waals surface area contributed by atoms with Crippen LogP contribution >= 0.6 is 11.8 Å². The van der Waals surface area contributed by atoms with Crippen molar-refractivity contribution in [1.29, 1.82) is 0 Å². The number of nitrogens with one attached hydrogen (secondary N) is 1.